The Morgan fingerprint density at radius 3 is 2.65 bits per heavy atom. The molecule has 98 valence electrons. The van der Waals surface area contributed by atoms with Crippen LogP contribution in [0, 0.1) is 5.92 Å². The van der Waals surface area contributed by atoms with Gasteiger partial charge in [-0.3, -0.25) is 4.79 Å². The number of hydrogen-bond donors (Lipinski definition) is 2. The van der Waals surface area contributed by atoms with E-state index < -0.39 is 0 Å². The molecule has 4 nitrogen and oxygen atoms in total. The van der Waals surface area contributed by atoms with Gasteiger partial charge in [0.25, 0.3) is 0 Å². The summed E-state index contributed by atoms with van der Waals surface area (Å²) in [5.41, 5.74) is 0. The summed E-state index contributed by atoms with van der Waals surface area (Å²) in [7, 11) is 0. The van der Waals surface area contributed by atoms with E-state index in [-0.39, 0.29) is 11.8 Å². The summed E-state index contributed by atoms with van der Waals surface area (Å²) in [4.78, 5) is 14.4. The first-order chi connectivity index (χ1) is 8.24. The fourth-order valence-corrected chi connectivity index (χ4v) is 3.12. The SMILES string of the molecule is CCN(CC)CCNC(=O)C1CC2CCC1N2. The molecule has 0 saturated carbocycles. The highest BCUT2D eigenvalue weighted by atomic mass is 16.1. The normalized spacial score (nSPS) is 31.1. The highest BCUT2D eigenvalue weighted by Crippen LogP contribution is 2.33. The van der Waals surface area contributed by atoms with Crippen molar-refractivity contribution < 1.29 is 4.79 Å². The summed E-state index contributed by atoms with van der Waals surface area (Å²) in [6.45, 7) is 8.18. The molecule has 2 rings (SSSR count). The second kappa shape index (κ2) is 5.83. The number of fused-ring (bicyclic) bond motifs is 2. The molecular formula is C13H25N3O. The quantitative estimate of drug-likeness (QED) is 0.713. The van der Waals surface area contributed by atoms with Crippen LogP contribution in [-0.2, 0) is 4.79 Å². The summed E-state index contributed by atoms with van der Waals surface area (Å²) < 4.78 is 0. The Balaban J connectivity index is 1.67. The van der Waals surface area contributed by atoms with Crippen molar-refractivity contribution in [1.29, 1.82) is 0 Å². The maximum absolute atomic E-state index is 12.0. The first kappa shape index (κ1) is 12.8. The molecule has 0 aromatic carbocycles. The summed E-state index contributed by atoms with van der Waals surface area (Å²) in [6.07, 6.45) is 3.48. The molecule has 0 aliphatic carbocycles. The average Bonchev–Trinajstić information content (AvgIpc) is 2.96. The average molecular weight is 239 g/mol. The molecule has 4 heteroatoms. The van der Waals surface area contributed by atoms with Crippen molar-refractivity contribution in [2.45, 2.75) is 45.2 Å². The summed E-state index contributed by atoms with van der Waals surface area (Å²) >= 11 is 0. The smallest absolute Gasteiger partial charge is 0.224 e. The van der Waals surface area contributed by atoms with Crippen LogP contribution in [0.15, 0.2) is 0 Å². The van der Waals surface area contributed by atoms with Gasteiger partial charge in [0.15, 0.2) is 0 Å². The second-order valence-corrected chi connectivity index (χ2v) is 5.21. The molecular weight excluding hydrogens is 214 g/mol. The molecule has 1 amide bonds. The third-order valence-corrected chi connectivity index (χ3v) is 4.26. The van der Waals surface area contributed by atoms with Crippen LogP contribution in [-0.4, -0.2) is 49.1 Å². The van der Waals surface area contributed by atoms with Crippen LogP contribution >= 0.6 is 0 Å². The lowest BCUT2D eigenvalue weighted by molar-refractivity contribution is -0.125. The molecule has 17 heavy (non-hydrogen) atoms. The van der Waals surface area contributed by atoms with Crippen molar-refractivity contribution in [3.05, 3.63) is 0 Å². The zero-order valence-electron chi connectivity index (χ0n) is 11.0. The first-order valence-corrected chi connectivity index (χ1v) is 7.00. The van der Waals surface area contributed by atoms with Gasteiger partial charge in [-0.15, -0.1) is 0 Å². The largest absolute Gasteiger partial charge is 0.355 e. The Labute approximate surface area is 104 Å². The summed E-state index contributed by atoms with van der Waals surface area (Å²) in [5, 5.41) is 6.60. The molecule has 2 saturated heterocycles. The van der Waals surface area contributed by atoms with E-state index in [2.05, 4.69) is 29.4 Å². The predicted molar refractivity (Wildman–Crippen MR) is 68.9 cm³/mol. The molecule has 0 aromatic heterocycles. The van der Waals surface area contributed by atoms with Crippen LogP contribution in [0.25, 0.3) is 0 Å². The van der Waals surface area contributed by atoms with Gasteiger partial charge in [-0.1, -0.05) is 13.8 Å². The van der Waals surface area contributed by atoms with Gasteiger partial charge in [-0.2, -0.15) is 0 Å². The standard InChI is InChI=1S/C13H25N3O/c1-3-16(4-2)8-7-14-13(17)11-9-10-5-6-12(11)15-10/h10-12,15H,3-9H2,1-2H3,(H,14,17). The van der Waals surface area contributed by atoms with Crippen molar-refractivity contribution in [1.82, 2.24) is 15.5 Å². The van der Waals surface area contributed by atoms with Gasteiger partial charge in [0.2, 0.25) is 5.91 Å². The van der Waals surface area contributed by atoms with Crippen LogP contribution in [0.5, 0.6) is 0 Å². The van der Waals surface area contributed by atoms with Crippen molar-refractivity contribution in [2.24, 2.45) is 5.92 Å². The van der Waals surface area contributed by atoms with Crippen molar-refractivity contribution >= 4 is 5.91 Å². The Hall–Kier alpha value is -0.610. The predicted octanol–water partition coefficient (Wildman–Crippen LogP) is 0.585. The number of amides is 1. The topological polar surface area (TPSA) is 44.4 Å². The fourth-order valence-electron chi connectivity index (χ4n) is 3.12. The van der Waals surface area contributed by atoms with Crippen LogP contribution in [0.2, 0.25) is 0 Å². The van der Waals surface area contributed by atoms with Crippen LogP contribution in [0.1, 0.15) is 33.1 Å². The number of carbonyl (C=O) groups excluding carboxylic acids is 1. The maximum atomic E-state index is 12.0. The van der Waals surface area contributed by atoms with Crippen molar-refractivity contribution in [3.63, 3.8) is 0 Å². The van der Waals surface area contributed by atoms with Gasteiger partial charge in [0.1, 0.15) is 0 Å². The van der Waals surface area contributed by atoms with Crippen LogP contribution in [0.4, 0.5) is 0 Å². The van der Waals surface area contributed by atoms with E-state index in [0.717, 1.165) is 32.6 Å². The van der Waals surface area contributed by atoms with E-state index in [0.29, 0.717) is 12.1 Å². The van der Waals surface area contributed by atoms with Gasteiger partial charge in [0, 0.05) is 25.2 Å². The van der Waals surface area contributed by atoms with E-state index >= 15 is 0 Å². The minimum Gasteiger partial charge on any atom is -0.355 e. The Kier molecular flexibility index (Phi) is 4.40. The monoisotopic (exact) mass is 239 g/mol. The first-order valence-electron chi connectivity index (χ1n) is 7.00. The molecule has 0 aromatic rings. The molecule has 3 atom stereocenters. The van der Waals surface area contributed by atoms with Gasteiger partial charge in [-0.05, 0) is 32.4 Å². The second-order valence-electron chi connectivity index (χ2n) is 5.21. The highest BCUT2D eigenvalue weighted by Gasteiger charge is 2.42. The lowest BCUT2D eigenvalue weighted by atomic mass is 9.88. The number of nitrogens with one attached hydrogen (secondary N) is 2. The fraction of sp³-hybridized carbons (Fsp3) is 0.923. The Morgan fingerprint density at radius 2 is 2.12 bits per heavy atom. The third-order valence-electron chi connectivity index (χ3n) is 4.26. The molecule has 0 spiro atoms. The van der Waals surface area contributed by atoms with E-state index in [1.165, 1.54) is 12.8 Å². The molecule has 0 radical (unpaired) electrons. The number of nitrogens with zero attached hydrogens (tertiary/aromatic N) is 1. The molecule has 2 aliphatic rings. The van der Waals surface area contributed by atoms with Gasteiger partial charge in [0.05, 0.1) is 5.92 Å². The number of likely N-dealkylation sites (N-methyl/N-ethyl adjacent to an activating group) is 1. The van der Waals surface area contributed by atoms with Crippen LogP contribution in [0.3, 0.4) is 0 Å². The van der Waals surface area contributed by atoms with Crippen molar-refractivity contribution in [3.8, 4) is 0 Å². The lowest BCUT2D eigenvalue weighted by Gasteiger charge is -2.21. The maximum Gasteiger partial charge on any atom is 0.224 e. The number of rotatable bonds is 6. The zero-order chi connectivity index (χ0) is 12.3. The minimum absolute atomic E-state index is 0.227. The molecule has 2 aliphatic heterocycles. The Morgan fingerprint density at radius 1 is 1.35 bits per heavy atom. The van der Waals surface area contributed by atoms with Gasteiger partial charge >= 0.3 is 0 Å². The van der Waals surface area contributed by atoms with Gasteiger partial charge < -0.3 is 15.5 Å². The summed E-state index contributed by atoms with van der Waals surface area (Å²) in [5.74, 6) is 0.488. The van der Waals surface area contributed by atoms with E-state index in [9.17, 15) is 4.79 Å². The third kappa shape index (κ3) is 2.99. The van der Waals surface area contributed by atoms with E-state index in [1.54, 1.807) is 0 Å². The molecule has 2 N–H and O–H groups in total. The molecule has 2 fully saturated rings. The number of hydrogen-bond acceptors (Lipinski definition) is 3. The summed E-state index contributed by atoms with van der Waals surface area (Å²) in [6, 6.07) is 1.06. The number of carbonyl (C=O) groups is 1. The lowest BCUT2D eigenvalue weighted by Crippen LogP contribution is -2.41. The van der Waals surface area contributed by atoms with Gasteiger partial charge in [-0.25, -0.2) is 0 Å². The molecule has 2 bridgehead atoms. The van der Waals surface area contributed by atoms with Crippen LogP contribution < -0.4 is 10.6 Å². The van der Waals surface area contributed by atoms with E-state index in [1.807, 2.05) is 0 Å². The zero-order valence-corrected chi connectivity index (χ0v) is 11.0. The minimum atomic E-state index is 0.227. The Bertz CT molecular complexity index is 265. The molecule has 2 heterocycles. The van der Waals surface area contributed by atoms with E-state index in [4.69, 9.17) is 0 Å². The van der Waals surface area contributed by atoms with Crippen molar-refractivity contribution in [2.75, 3.05) is 26.2 Å². The molecule has 3 unspecified atom stereocenters. The highest BCUT2D eigenvalue weighted by molar-refractivity contribution is 5.80.